The SMILES string of the molecule is O=C(NC1CCNC1)C1CNC1. The molecule has 4 heteroatoms. The Balaban J connectivity index is 1.73. The second-order valence-electron chi connectivity index (χ2n) is 3.55. The van der Waals surface area contributed by atoms with Crippen LogP contribution in [0.1, 0.15) is 6.42 Å². The van der Waals surface area contributed by atoms with Crippen molar-refractivity contribution in [2.24, 2.45) is 5.92 Å². The van der Waals surface area contributed by atoms with Gasteiger partial charge in [-0.25, -0.2) is 0 Å². The number of carbonyl (C=O) groups is 1. The molecule has 2 fully saturated rings. The lowest BCUT2D eigenvalue weighted by Crippen LogP contribution is -2.53. The third kappa shape index (κ3) is 1.59. The summed E-state index contributed by atoms with van der Waals surface area (Å²) in [5.41, 5.74) is 0. The second kappa shape index (κ2) is 3.41. The molecule has 2 aliphatic heterocycles. The van der Waals surface area contributed by atoms with Crippen molar-refractivity contribution in [2.45, 2.75) is 12.5 Å². The van der Waals surface area contributed by atoms with Gasteiger partial charge in [0.2, 0.25) is 5.91 Å². The number of amides is 1. The van der Waals surface area contributed by atoms with E-state index in [1.54, 1.807) is 0 Å². The molecule has 0 aromatic heterocycles. The van der Waals surface area contributed by atoms with E-state index in [9.17, 15) is 4.79 Å². The fourth-order valence-corrected chi connectivity index (χ4v) is 1.57. The molecule has 3 N–H and O–H groups in total. The minimum atomic E-state index is 0.224. The average Bonchev–Trinajstić information content (AvgIpc) is 2.34. The predicted octanol–water partition coefficient (Wildman–Crippen LogP) is -1.32. The third-order valence-electron chi connectivity index (χ3n) is 2.56. The molecule has 0 bridgehead atoms. The van der Waals surface area contributed by atoms with Gasteiger partial charge in [-0.15, -0.1) is 0 Å². The molecule has 1 atom stereocenters. The topological polar surface area (TPSA) is 53.2 Å². The first-order valence-corrected chi connectivity index (χ1v) is 4.58. The lowest BCUT2D eigenvalue weighted by Gasteiger charge is -2.27. The Labute approximate surface area is 72.1 Å². The first-order chi connectivity index (χ1) is 5.86. The molecule has 68 valence electrons. The van der Waals surface area contributed by atoms with Crippen molar-refractivity contribution < 1.29 is 4.79 Å². The van der Waals surface area contributed by atoms with Crippen LogP contribution in [0.2, 0.25) is 0 Å². The molecular weight excluding hydrogens is 154 g/mol. The summed E-state index contributed by atoms with van der Waals surface area (Å²) in [4.78, 5) is 11.4. The molecule has 2 aliphatic rings. The summed E-state index contributed by atoms with van der Waals surface area (Å²) in [7, 11) is 0. The molecule has 0 radical (unpaired) electrons. The Morgan fingerprint density at radius 3 is 2.58 bits per heavy atom. The summed E-state index contributed by atoms with van der Waals surface area (Å²) < 4.78 is 0. The molecule has 2 rings (SSSR count). The summed E-state index contributed by atoms with van der Waals surface area (Å²) >= 11 is 0. The highest BCUT2D eigenvalue weighted by Crippen LogP contribution is 2.04. The van der Waals surface area contributed by atoms with Gasteiger partial charge in [-0.05, 0) is 13.0 Å². The van der Waals surface area contributed by atoms with Crippen molar-refractivity contribution >= 4 is 5.91 Å². The van der Waals surface area contributed by atoms with Crippen LogP contribution >= 0.6 is 0 Å². The Hall–Kier alpha value is -0.610. The van der Waals surface area contributed by atoms with Crippen molar-refractivity contribution in [1.29, 1.82) is 0 Å². The molecule has 4 nitrogen and oxygen atoms in total. The van der Waals surface area contributed by atoms with E-state index in [0.717, 1.165) is 32.6 Å². The normalized spacial score (nSPS) is 29.8. The fraction of sp³-hybridized carbons (Fsp3) is 0.875. The van der Waals surface area contributed by atoms with E-state index >= 15 is 0 Å². The van der Waals surface area contributed by atoms with Crippen LogP contribution in [0.25, 0.3) is 0 Å². The highest BCUT2D eigenvalue weighted by atomic mass is 16.2. The molecular formula is C8H15N3O. The minimum Gasteiger partial charge on any atom is -0.352 e. The van der Waals surface area contributed by atoms with Crippen LogP contribution in [0.15, 0.2) is 0 Å². The molecule has 0 aromatic rings. The fourth-order valence-electron chi connectivity index (χ4n) is 1.57. The summed E-state index contributed by atoms with van der Waals surface area (Å²) in [6.45, 7) is 3.68. The molecule has 0 saturated carbocycles. The molecule has 1 unspecified atom stereocenters. The van der Waals surface area contributed by atoms with Crippen molar-refractivity contribution in [3.05, 3.63) is 0 Å². The number of rotatable bonds is 2. The minimum absolute atomic E-state index is 0.224. The van der Waals surface area contributed by atoms with Crippen molar-refractivity contribution in [3.63, 3.8) is 0 Å². The van der Waals surface area contributed by atoms with E-state index in [4.69, 9.17) is 0 Å². The summed E-state index contributed by atoms with van der Waals surface area (Å²) in [6.07, 6.45) is 1.08. The summed E-state index contributed by atoms with van der Waals surface area (Å²) in [6, 6.07) is 0.373. The van der Waals surface area contributed by atoms with Gasteiger partial charge in [0.25, 0.3) is 0 Å². The van der Waals surface area contributed by atoms with Crippen LogP contribution in [-0.2, 0) is 4.79 Å². The number of hydrogen-bond acceptors (Lipinski definition) is 3. The second-order valence-corrected chi connectivity index (χ2v) is 3.55. The average molecular weight is 169 g/mol. The lowest BCUT2D eigenvalue weighted by molar-refractivity contribution is -0.127. The van der Waals surface area contributed by atoms with Gasteiger partial charge in [-0.2, -0.15) is 0 Å². The maximum absolute atomic E-state index is 11.4. The van der Waals surface area contributed by atoms with Crippen LogP contribution in [0.4, 0.5) is 0 Å². The Morgan fingerprint density at radius 2 is 2.08 bits per heavy atom. The van der Waals surface area contributed by atoms with Gasteiger partial charge in [0.1, 0.15) is 0 Å². The molecule has 12 heavy (non-hydrogen) atoms. The van der Waals surface area contributed by atoms with Crippen molar-refractivity contribution in [3.8, 4) is 0 Å². The van der Waals surface area contributed by atoms with E-state index in [1.165, 1.54) is 0 Å². The Morgan fingerprint density at radius 1 is 1.25 bits per heavy atom. The van der Waals surface area contributed by atoms with E-state index < -0.39 is 0 Å². The van der Waals surface area contributed by atoms with Crippen LogP contribution in [0.5, 0.6) is 0 Å². The summed E-state index contributed by atoms with van der Waals surface area (Å²) in [5, 5.41) is 9.35. The zero-order valence-corrected chi connectivity index (χ0v) is 7.10. The lowest BCUT2D eigenvalue weighted by atomic mass is 10.0. The predicted molar refractivity (Wildman–Crippen MR) is 45.8 cm³/mol. The smallest absolute Gasteiger partial charge is 0.225 e. The Kier molecular flexibility index (Phi) is 2.28. The Bertz CT molecular complexity index is 173. The van der Waals surface area contributed by atoms with Gasteiger partial charge < -0.3 is 16.0 Å². The molecule has 0 spiro atoms. The standard InChI is InChI=1S/C8H15N3O/c12-8(6-3-10-4-6)11-7-1-2-9-5-7/h6-7,9-10H,1-5H2,(H,11,12). The van der Waals surface area contributed by atoms with Crippen LogP contribution in [-0.4, -0.2) is 38.1 Å². The van der Waals surface area contributed by atoms with Crippen molar-refractivity contribution in [1.82, 2.24) is 16.0 Å². The first kappa shape index (κ1) is 8.01. The van der Waals surface area contributed by atoms with Crippen LogP contribution < -0.4 is 16.0 Å². The quantitative estimate of drug-likeness (QED) is 0.481. The first-order valence-electron chi connectivity index (χ1n) is 4.58. The van der Waals surface area contributed by atoms with E-state index in [1.807, 2.05) is 0 Å². The third-order valence-corrected chi connectivity index (χ3v) is 2.56. The van der Waals surface area contributed by atoms with E-state index in [0.29, 0.717) is 6.04 Å². The molecule has 0 aliphatic carbocycles. The zero-order chi connectivity index (χ0) is 8.39. The van der Waals surface area contributed by atoms with Gasteiger partial charge in [-0.1, -0.05) is 0 Å². The van der Waals surface area contributed by atoms with E-state index in [-0.39, 0.29) is 11.8 Å². The van der Waals surface area contributed by atoms with Gasteiger partial charge in [0.15, 0.2) is 0 Å². The van der Waals surface area contributed by atoms with Gasteiger partial charge >= 0.3 is 0 Å². The molecule has 2 saturated heterocycles. The maximum atomic E-state index is 11.4. The maximum Gasteiger partial charge on any atom is 0.225 e. The van der Waals surface area contributed by atoms with E-state index in [2.05, 4.69) is 16.0 Å². The monoisotopic (exact) mass is 169 g/mol. The number of hydrogen-bond donors (Lipinski definition) is 3. The largest absolute Gasteiger partial charge is 0.352 e. The molecule has 0 aromatic carbocycles. The van der Waals surface area contributed by atoms with Gasteiger partial charge in [-0.3, -0.25) is 4.79 Å². The summed E-state index contributed by atoms with van der Waals surface area (Å²) in [5.74, 6) is 0.452. The highest BCUT2D eigenvalue weighted by Gasteiger charge is 2.27. The van der Waals surface area contributed by atoms with Gasteiger partial charge in [0.05, 0.1) is 5.92 Å². The van der Waals surface area contributed by atoms with Gasteiger partial charge in [0, 0.05) is 25.7 Å². The van der Waals surface area contributed by atoms with Crippen molar-refractivity contribution in [2.75, 3.05) is 26.2 Å². The van der Waals surface area contributed by atoms with Crippen LogP contribution in [0, 0.1) is 5.92 Å². The highest BCUT2D eigenvalue weighted by molar-refractivity contribution is 5.80. The zero-order valence-electron chi connectivity index (χ0n) is 7.10. The molecule has 2 heterocycles. The number of carbonyl (C=O) groups excluding carboxylic acids is 1. The molecule has 1 amide bonds. The number of nitrogens with one attached hydrogen (secondary N) is 3. The van der Waals surface area contributed by atoms with Crippen LogP contribution in [0.3, 0.4) is 0 Å².